The fourth-order valence-electron chi connectivity index (χ4n) is 4.78. The van der Waals surface area contributed by atoms with Gasteiger partial charge in [0.15, 0.2) is 5.82 Å². The highest BCUT2D eigenvalue weighted by Gasteiger charge is 2.23. The van der Waals surface area contributed by atoms with E-state index < -0.39 is 0 Å². The Labute approximate surface area is 190 Å². The molecule has 3 heterocycles. The van der Waals surface area contributed by atoms with Crippen LogP contribution in [0.5, 0.6) is 0 Å². The second-order valence-electron chi connectivity index (χ2n) is 9.06. The summed E-state index contributed by atoms with van der Waals surface area (Å²) in [6.07, 6.45) is 11.6. The Balaban J connectivity index is 1.28. The van der Waals surface area contributed by atoms with Crippen LogP contribution in [0.4, 0.5) is 0 Å². The van der Waals surface area contributed by atoms with Gasteiger partial charge in [0.25, 0.3) is 0 Å². The van der Waals surface area contributed by atoms with Crippen molar-refractivity contribution in [2.24, 2.45) is 4.99 Å². The lowest BCUT2D eigenvalue weighted by molar-refractivity contribution is 0.268. The van der Waals surface area contributed by atoms with Crippen LogP contribution < -0.4 is 0 Å². The van der Waals surface area contributed by atoms with Crippen LogP contribution in [-0.4, -0.2) is 40.2 Å². The van der Waals surface area contributed by atoms with Crippen LogP contribution in [0.2, 0.25) is 0 Å². The molecule has 0 radical (unpaired) electrons. The largest absolute Gasteiger partial charge is 0.295 e. The molecule has 0 fully saturated rings. The van der Waals surface area contributed by atoms with Gasteiger partial charge in [-0.3, -0.25) is 9.89 Å². The molecule has 1 aromatic heterocycles. The molecule has 2 aromatic rings. The molecule has 0 N–H and O–H groups in total. The molecule has 5 rings (SSSR count). The standard InChI is InChI=1S/C26H32N4S/c1-19-9-11-22(12-10-19)31-25-8-3-2-6-20(25)17-30-15-13-23-21(18-30)16-28-26(29-23)24-7-4-5-14-27-24/h9-12,16H,2-8,13-15,17-18H2,1H3. The summed E-state index contributed by atoms with van der Waals surface area (Å²) < 4.78 is 0. The highest BCUT2D eigenvalue weighted by molar-refractivity contribution is 8.03. The maximum absolute atomic E-state index is 4.91. The predicted molar refractivity (Wildman–Crippen MR) is 129 cm³/mol. The summed E-state index contributed by atoms with van der Waals surface area (Å²) in [4.78, 5) is 19.8. The van der Waals surface area contributed by atoms with Crippen LogP contribution in [0.3, 0.4) is 0 Å². The molecular weight excluding hydrogens is 400 g/mol. The van der Waals surface area contributed by atoms with E-state index >= 15 is 0 Å². The zero-order valence-corrected chi connectivity index (χ0v) is 19.4. The summed E-state index contributed by atoms with van der Waals surface area (Å²) in [5, 5.41) is 0. The van der Waals surface area contributed by atoms with Crippen LogP contribution in [0.15, 0.2) is 50.8 Å². The lowest BCUT2D eigenvalue weighted by Gasteiger charge is -2.31. The van der Waals surface area contributed by atoms with Crippen LogP contribution in [0.25, 0.3) is 0 Å². The third kappa shape index (κ3) is 5.09. The molecule has 3 aliphatic rings. The Hall–Kier alpha value is -1.98. The molecule has 1 aliphatic carbocycles. The lowest BCUT2D eigenvalue weighted by Crippen LogP contribution is -2.34. The first kappa shape index (κ1) is 20.9. The van der Waals surface area contributed by atoms with Crippen molar-refractivity contribution in [1.29, 1.82) is 0 Å². The first-order chi connectivity index (χ1) is 15.2. The Morgan fingerprint density at radius 1 is 0.968 bits per heavy atom. The van der Waals surface area contributed by atoms with Gasteiger partial charge in [0.2, 0.25) is 0 Å². The van der Waals surface area contributed by atoms with Crippen LogP contribution in [0.1, 0.15) is 67.6 Å². The quantitative estimate of drug-likeness (QED) is 0.604. The molecule has 4 nitrogen and oxygen atoms in total. The molecule has 0 bridgehead atoms. The van der Waals surface area contributed by atoms with E-state index in [4.69, 9.17) is 9.97 Å². The van der Waals surface area contributed by atoms with Crippen LogP contribution in [0, 0.1) is 6.92 Å². The van der Waals surface area contributed by atoms with Gasteiger partial charge in [0, 0.05) is 49.3 Å². The normalized spacial score (nSPS) is 19.8. The van der Waals surface area contributed by atoms with E-state index in [1.54, 1.807) is 10.5 Å². The monoisotopic (exact) mass is 432 g/mol. The minimum Gasteiger partial charge on any atom is -0.295 e. The van der Waals surface area contributed by atoms with Crippen molar-refractivity contribution in [3.63, 3.8) is 0 Å². The average molecular weight is 433 g/mol. The van der Waals surface area contributed by atoms with E-state index in [0.717, 1.165) is 50.6 Å². The topological polar surface area (TPSA) is 41.4 Å². The molecule has 0 amide bonds. The number of fused-ring (bicyclic) bond motifs is 1. The highest BCUT2D eigenvalue weighted by atomic mass is 32.2. The van der Waals surface area contributed by atoms with Gasteiger partial charge in [-0.15, -0.1) is 0 Å². The Bertz CT molecular complexity index is 993. The van der Waals surface area contributed by atoms with Gasteiger partial charge in [-0.25, -0.2) is 9.97 Å². The molecule has 0 saturated carbocycles. The van der Waals surface area contributed by atoms with E-state index in [9.17, 15) is 0 Å². The molecular formula is C26H32N4S. The third-order valence-electron chi connectivity index (χ3n) is 6.60. The molecule has 162 valence electrons. The number of aromatic nitrogens is 2. The van der Waals surface area contributed by atoms with Crippen molar-refractivity contribution in [2.75, 3.05) is 19.6 Å². The zero-order valence-electron chi connectivity index (χ0n) is 18.6. The van der Waals surface area contributed by atoms with Gasteiger partial charge in [-0.05, 0) is 74.5 Å². The van der Waals surface area contributed by atoms with Crippen LogP contribution in [-0.2, 0) is 13.0 Å². The van der Waals surface area contributed by atoms with Gasteiger partial charge >= 0.3 is 0 Å². The summed E-state index contributed by atoms with van der Waals surface area (Å²) in [7, 11) is 0. The van der Waals surface area contributed by atoms with Crippen LogP contribution >= 0.6 is 11.8 Å². The van der Waals surface area contributed by atoms with Gasteiger partial charge in [0.05, 0.1) is 11.4 Å². The smallest absolute Gasteiger partial charge is 0.173 e. The second-order valence-corrected chi connectivity index (χ2v) is 10.2. The molecule has 31 heavy (non-hydrogen) atoms. The lowest BCUT2D eigenvalue weighted by atomic mass is 9.97. The molecule has 5 heteroatoms. The summed E-state index contributed by atoms with van der Waals surface area (Å²) in [6, 6.07) is 8.98. The number of aliphatic imine (C=N–C) groups is 1. The number of allylic oxidation sites excluding steroid dienone is 1. The Kier molecular flexibility index (Phi) is 6.51. The number of rotatable bonds is 5. The second kappa shape index (κ2) is 9.66. The van der Waals surface area contributed by atoms with Gasteiger partial charge < -0.3 is 0 Å². The molecule has 2 aliphatic heterocycles. The van der Waals surface area contributed by atoms with Gasteiger partial charge in [-0.2, -0.15) is 0 Å². The predicted octanol–water partition coefficient (Wildman–Crippen LogP) is 5.74. The number of benzene rings is 1. The van der Waals surface area contributed by atoms with Crippen molar-refractivity contribution in [3.05, 3.63) is 63.6 Å². The summed E-state index contributed by atoms with van der Waals surface area (Å²) >= 11 is 1.99. The Morgan fingerprint density at radius 2 is 1.81 bits per heavy atom. The van der Waals surface area contributed by atoms with E-state index in [-0.39, 0.29) is 0 Å². The third-order valence-corrected chi connectivity index (χ3v) is 7.85. The van der Waals surface area contributed by atoms with E-state index in [2.05, 4.69) is 47.3 Å². The maximum Gasteiger partial charge on any atom is 0.173 e. The first-order valence-electron chi connectivity index (χ1n) is 11.8. The maximum atomic E-state index is 4.91. The van der Waals surface area contributed by atoms with Crippen molar-refractivity contribution >= 4 is 17.5 Å². The van der Waals surface area contributed by atoms with Gasteiger partial charge in [-0.1, -0.05) is 29.5 Å². The highest BCUT2D eigenvalue weighted by Crippen LogP contribution is 2.38. The van der Waals surface area contributed by atoms with E-state index in [1.165, 1.54) is 60.2 Å². The number of aryl methyl sites for hydroxylation is 1. The molecule has 0 saturated heterocycles. The summed E-state index contributed by atoms with van der Waals surface area (Å²) in [5.41, 5.74) is 6.63. The minimum absolute atomic E-state index is 0.874. The van der Waals surface area contributed by atoms with E-state index in [0.29, 0.717) is 0 Å². The number of hydrogen-bond donors (Lipinski definition) is 0. The van der Waals surface area contributed by atoms with Crippen molar-refractivity contribution in [2.45, 2.75) is 69.7 Å². The number of hydrogen-bond acceptors (Lipinski definition) is 5. The first-order valence-corrected chi connectivity index (χ1v) is 12.6. The van der Waals surface area contributed by atoms with Crippen molar-refractivity contribution in [3.8, 4) is 0 Å². The van der Waals surface area contributed by atoms with E-state index in [1.807, 2.05) is 11.8 Å². The molecule has 0 atom stereocenters. The molecule has 0 unspecified atom stereocenters. The minimum atomic E-state index is 0.874. The summed E-state index contributed by atoms with van der Waals surface area (Å²) in [5.74, 6) is 0.874. The van der Waals surface area contributed by atoms with Crippen molar-refractivity contribution in [1.82, 2.24) is 14.9 Å². The fraction of sp³-hybridized carbons (Fsp3) is 0.500. The number of thioether (sulfide) groups is 1. The molecule has 0 spiro atoms. The molecule has 1 aromatic carbocycles. The number of nitrogens with zero attached hydrogens (tertiary/aromatic N) is 4. The van der Waals surface area contributed by atoms with Gasteiger partial charge in [0.1, 0.15) is 0 Å². The SMILES string of the molecule is Cc1ccc(SC2=C(CN3CCc4nc(C5=NCCCC5)ncc4C3)CCCC2)cc1. The Morgan fingerprint density at radius 3 is 2.65 bits per heavy atom. The summed E-state index contributed by atoms with van der Waals surface area (Å²) in [6.45, 7) is 6.23. The average Bonchev–Trinajstić information content (AvgIpc) is 2.82. The van der Waals surface area contributed by atoms with Crippen molar-refractivity contribution < 1.29 is 0 Å². The zero-order chi connectivity index (χ0) is 21.0. The fourth-order valence-corrected chi connectivity index (χ4v) is 5.89.